The molecule has 9 heteroatoms. The minimum absolute atomic E-state index is 0.750. The Morgan fingerprint density at radius 3 is 0.571 bits per heavy atom. The maximum absolute atomic E-state index is 10.8. The van der Waals surface area contributed by atoms with Gasteiger partial charge in [-0.2, -0.15) is 0 Å². The van der Waals surface area contributed by atoms with Gasteiger partial charge < -0.3 is 10.6 Å². The van der Waals surface area contributed by atoms with Gasteiger partial charge in [-0.25, -0.2) is 0 Å². The Kier molecular flexibility index (Phi) is 10.2. The maximum atomic E-state index is 9.88. The molecule has 0 unspecified atom stereocenters. The zero-order valence-corrected chi connectivity index (χ0v) is 15.2. The second-order valence-electron chi connectivity index (χ2n) is 6.43. The molecule has 0 aromatic rings. The van der Waals surface area contributed by atoms with Crippen molar-refractivity contribution in [2.45, 2.75) is 79.6 Å². The van der Waals surface area contributed by atoms with E-state index < -0.39 is 8.63 Å². The number of rotatable bonds is 4. The van der Waals surface area contributed by atoms with E-state index in [-0.39, 0.29) is 0 Å². The Bertz CT molecular complexity index is 221. The second-order valence-corrected chi connectivity index (χ2v) is 8.58. The van der Waals surface area contributed by atoms with Crippen LogP contribution in [0.15, 0.2) is 0 Å². The van der Waals surface area contributed by atoms with E-state index in [9.17, 15) is 24.6 Å². The SMILES string of the molecule is CC(C)[NH2+]C(C)C.CC(C)[NH2+]C(C)C.F[Si-2](F)(F)(F)(F)F. The summed E-state index contributed by atoms with van der Waals surface area (Å²) < 4.78 is 59.3. The molecule has 0 aromatic heterocycles. The van der Waals surface area contributed by atoms with Crippen LogP contribution < -0.4 is 10.6 Å². The molecular weight excluding hydrogens is 314 g/mol. The topological polar surface area (TPSA) is 33.2 Å². The Balaban J connectivity index is -0.000000231. The van der Waals surface area contributed by atoms with Crippen molar-refractivity contribution in [3.8, 4) is 0 Å². The normalized spacial score (nSPS) is 15.1. The summed E-state index contributed by atoms with van der Waals surface area (Å²) in [7, 11) is -10.8. The summed E-state index contributed by atoms with van der Waals surface area (Å²) in [6.07, 6.45) is 0. The van der Waals surface area contributed by atoms with Gasteiger partial charge in [0.05, 0.1) is 24.2 Å². The number of quaternary nitrogens is 2. The van der Waals surface area contributed by atoms with Gasteiger partial charge in [-0.05, 0) is 55.4 Å². The fourth-order valence-corrected chi connectivity index (χ4v) is 1.54. The van der Waals surface area contributed by atoms with Crippen LogP contribution in [0.25, 0.3) is 0 Å². The van der Waals surface area contributed by atoms with Gasteiger partial charge in [0.25, 0.3) is 0 Å². The Morgan fingerprint density at radius 1 is 0.476 bits per heavy atom. The van der Waals surface area contributed by atoms with E-state index in [0.29, 0.717) is 0 Å². The van der Waals surface area contributed by atoms with Crippen LogP contribution in [0.1, 0.15) is 55.4 Å². The van der Waals surface area contributed by atoms with Crippen LogP contribution in [-0.4, -0.2) is 32.8 Å². The first kappa shape index (κ1) is 25.7. The van der Waals surface area contributed by atoms with Gasteiger partial charge in [-0.1, -0.05) is 0 Å². The molecule has 0 amide bonds. The van der Waals surface area contributed by atoms with Gasteiger partial charge in [-0.3, -0.25) is 0 Å². The van der Waals surface area contributed by atoms with Gasteiger partial charge in [-0.15, -0.1) is 0 Å². The van der Waals surface area contributed by atoms with Gasteiger partial charge >= 0.3 is 33.3 Å². The van der Waals surface area contributed by atoms with E-state index in [0.717, 1.165) is 24.2 Å². The number of nitrogens with two attached hydrogens (primary N) is 2. The standard InChI is InChI=1S/2C6H15N.F6Si/c2*1-5(2)7-6(3)4;1-7(2,3,4,5)6/h2*5-7H,1-4H3;/q;;-2/p+2. The minimum atomic E-state index is -10.8. The van der Waals surface area contributed by atoms with Gasteiger partial charge in [0.2, 0.25) is 0 Å². The van der Waals surface area contributed by atoms with E-state index in [1.54, 1.807) is 0 Å². The molecule has 0 rings (SSSR count). The van der Waals surface area contributed by atoms with Crippen molar-refractivity contribution in [1.29, 1.82) is 0 Å². The van der Waals surface area contributed by atoms with Crippen LogP contribution in [0.4, 0.5) is 24.6 Å². The molecule has 0 aliphatic rings. The zero-order valence-electron chi connectivity index (χ0n) is 14.2. The van der Waals surface area contributed by atoms with E-state index in [1.165, 1.54) is 0 Å². The Labute approximate surface area is 124 Å². The molecule has 0 atom stereocenters. The predicted molar refractivity (Wildman–Crippen MR) is 76.8 cm³/mol. The first-order valence-electron chi connectivity index (χ1n) is 7.09. The molecule has 0 saturated carbocycles. The third-order valence-corrected chi connectivity index (χ3v) is 1.54. The fourth-order valence-electron chi connectivity index (χ4n) is 1.54. The van der Waals surface area contributed by atoms with E-state index in [4.69, 9.17) is 0 Å². The van der Waals surface area contributed by atoms with Crippen LogP contribution in [0.3, 0.4) is 0 Å². The molecule has 0 heterocycles. The molecule has 0 fully saturated rings. The predicted octanol–water partition coefficient (Wildman–Crippen LogP) is 2.87. The Hall–Kier alpha value is -0.283. The van der Waals surface area contributed by atoms with Crippen molar-refractivity contribution < 1.29 is 35.3 Å². The zero-order chi connectivity index (χ0) is 18.1. The molecule has 0 saturated heterocycles. The first-order chi connectivity index (χ1) is 8.70. The summed E-state index contributed by atoms with van der Waals surface area (Å²) in [4.78, 5) is 0. The van der Waals surface area contributed by atoms with E-state index >= 15 is 0 Å². The van der Waals surface area contributed by atoms with Crippen LogP contribution in [-0.2, 0) is 0 Å². The van der Waals surface area contributed by atoms with Crippen LogP contribution in [0.2, 0.25) is 0 Å². The fraction of sp³-hybridized carbons (Fsp3) is 1.00. The molecule has 0 aromatic carbocycles. The molecule has 0 aliphatic heterocycles. The van der Waals surface area contributed by atoms with Crippen molar-refractivity contribution in [2.24, 2.45) is 0 Å². The molecular formula is C12H32F6N2Si. The average Bonchev–Trinajstić information content (AvgIpc) is 1.90. The van der Waals surface area contributed by atoms with E-state index in [1.807, 2.05) is 0 Å². The summed E-state index contributed by atoms with van der Waals surface area (Å²) in [6.45, 7) is 17.7. The molecule has 21 heavy (non-hydrogen) atoms. The van der Waals surface area contributed by atoms with Crippen molar-refractivity contribution in [1.82, 2.24) is 0 Å². The Morgan fingerprint density at radius 2 is 0.571 bits per heavy atom. The van der Waals surface area contributed by atoms with Crippen molar-refractivity contribution in [3.63, 3.8) is 0 Å². The number of hydrogen-bond acceptors (Lipinski definition) is 0. The summed E-state index contributed by atoms with van der Waals surface area (Å²) in [6, 6.07) is 3.00. The molecule has 136 valence electrons. The monoisotopic (exact) mass is 346 g/mol. The van der Waals surface area contributed by atoms with Crippen molar-refractivity contribution in [3.05, 3.63) is 0 Å². The van der Waals surface area contributed by atoms with Crippen LogP contribution in [0, 0.1) is 0 Å². The van der Waals surface area contributed by atoms with Gasteiger partial charge in [0.15, 0.2) is 0 Å². The van der Waals surface area contributed by atoms with Gasteiger partial charge in [0, 0.05) is 0 Å². The molecule has 4 N–H and O–H groups in total. The van der Waals surface area contributed by atoms with Crippen molar-refractivity contribution >= 4 is 8.63 Å². The van der Waals surface area contributed by atoms with Gasteiger partial charge in [0.1, 0.15) is 0 Å². The first-order valence-corrected chi connectivity index (χ1v) is 9.35. The summed E-state index contributed by atoms with van der Waals surface area (Å²) in [5, 5.41) is 4.67. The molecule has 0 aliphatic carbocycles. The summed E-state index contributed by atoms with van der Waals surface area (Å²) >= 11 is 0. The number of hydrogen-bond donors (Lipinski definition) is 2. The molecule has 2 nitrogen and oxygen atoms in total. The van der Waals surface area contributed by atoms with Crippen LogP contribution >= 0.6 is 0 Å². The molecule has 0 spiro atoms. The summed E-state index contributed by atoms with van der Waals surface area (Å²) in [5.74, 6) is 0. The summed E-state index contributed by atoms with van der Waals surface area (Å²) in [5.41, 5.74) is 0. The third kappa shape index (κ3) is 104. The molecule has 0 radical (unpaired) electrons. The number of halogens is 6. The molecule has 0 bridgehead atoms. The van der Waals surface area contributed by atoms with Crippen molar-refractivity contribution in [2.75, 3.05) is 0 Å². The van der Waals surface area contributed by atoms with Crippen LogP contribution in [0.5, 0.6) is 0 Å². The third-order valence-electron chi connectivity index (χ3n) is 1.54. The van der Waals surface area contributed by atoms with E-state index in [2.05, 4.69) is 66.0 Å². The average molecular weight is 346 g/mol. The quantitative estimate of drug-likeness (QED) is 0.446. The second kappa shape index (κ2) is 8.38.